The average molecular weight is 280 g/mol. The second-order valence-corrected chi connectivity index (χ2v) is 5.49. The molecule has 1 unspecified atom stereocenters. The SMILES string of the molecule is Cc1ccc2c(c1)C1(c3ccccc3)OCCN1C(=O)N2. The second kappa shape index (κ2) is 4.33. The summed E-state index contributed by atoms with van der Waals surface area (Å²) in [5.74, 6) is 0. The summed E-state index contributed by atoms with van der Waals surface area (Å²) in [6, 6.07) is 15.9. The van der Waals surface area contributed by atoms with Crippen molar-refractivity contribution in [2.45, 2.75) is 12.6 Å². The van der Waals surface area contributed by atoms with E-state index in [0.717, 1.165) is 22.4 Å². The summed E-state index contributed by atoms with van der Waals surface area (Å²) in [4.78, 5) is 14.2. The minimum absolute atomic E-state index is 0.104. The summed E-state index contributed by atoms with van der Waals surface area (Å²) in [5.41, 5.74) is 3.17. The summed E-state index contributed by atoms with van der Waals surface area (Å²) < 4.78 is 6.15. The highest BCUT2D eigenvalue weighted by molar-refractivity contribution is 5.94. The maximum absolute atomic E-state index is 12.4. The minimum Gasteiger partial charge on any atom is -0.345 e. The third kappa shape index (κ3) is 1.63. The fraction of sp³-hybridized carbons (Fsp3) is 0.235. The zero-order chi connectivity index (χ0) is 14.4. The summed E-state index contributed by atoms with van der Waals surface area (Å²) in [7, 11) is 0. The summed E-state index contributed by atoms with van der Waals surface area (Å²) in [6.45, 7) is 3.18. The van der Waals surface area contributed by atoms with Gasteiger partial charge in [0.1, 0.15) is 0 Å². The first-order chi connectivity index (χ1) is 10.2. The van der Waals surface area contributed by atoms with Crippen molar-refractivity contribution in [1.29, 1.82) is 0 Å². The molecule has 2 aliphatic heterocycles. The van der Waals surface area contributed by atoms with E-state index in [0.29, 0.717) is 13.2 Å². The van der Waals surface area contributed by atoms with E-state index in [4.69, 9.17) is 4.74 Å². The van der Waals surface area contributed by atoms with Crippen molar-refractivity contribution < 1.29 is 9.53 Å². The molecule has 0 saturated carbocycles. The fourth-order valence-corrected chi connectivity index (χ4v) is 3.28. The van der Waals surface area contributed by atoms with Crippen LogP contribution in [-0.4, -0.2) is 24.1 Å². The van der Waals surface area contributed by atoms with Gasteiger partial charge in [0.15, 0.2) is 5.72 Å². The number of hydrogen-bond acceptors (Lipinski definition) is 2. The average Bonchev–Trinajstić information content (AvgIpc) is 2.96. The van der Waals surface area contributed by atoms with Crippen LogP contribution in [0.1, 0.15) is 16.7 Å². The zero-order valence-electron chi connectivity index (χ0n) is 11.8. The van der Waals surface area contributed by atoms with Crippen molar-refractivity contribution in [2.24, 2.45) is 0 Å². The number of carbonyl (C=O) groups excluding carboxylic acids is 1. The molecule has 1 atom stereocenters. The Balaban J connectivity index is 2.02. The Morgan fingerprint density at radius 2 is 2.00 bits per heavy atom. The van der Waals surface area contributed by atoms with Crippen LogP contribution in [0.2, 0.25) is 0 Å². The van der Waals surface area contributed by atoms with Gasteiger partial charge in [-0.25, -0.2) is 4.79 Å². The van der Waals surface area contributed by atoms with E-state index >= 15 is 0 Å². The van der Waals surface area contributed by atoms with Gasteiger partial charge < -0.3 is 10.1 Å². The maximum atomic E-state index is 12.4. The molecular formula is C17H16N2O2. The van der Waals surface area contributed by atoms with Gasteiger partial charge in [-0.2, -0.15) is 0 Å². The van der Waals surface area contributed by atoms with E-state index in [-0.39, 0.29) is 6.03 Å². The first-order valence-electron chi connectivity index (χ1n) is 7.11. The number of ether oxygens (including phenoxy) is 1. The highest BCUT2D eigenvalue weighted by atomic mass is 16.5. The smallest absolute Gasteiger partial charge is 0.324 e. The Kier molecular flexibility index (Phi) is 2.56. The molecule has 2 heterocycles. The molecule has 2 aromatic carbocycles. The number of fused-ring (bicyclic) bond motifs is 3. The molecule has 0 bridgehead atoms. The number of carbonyl (C=O) groups is 1. The molecule has 4 nitrogen and oxygen atoms in total. The molecule has 21 heavy (non-hydrogen) atoms. The molecule has 0 radical (unpaired) electrons. The van der Waals surface area contributed by atoms with Crippen molar-refractivity contribution in [1.82, 2.24) is 4.90 Å². The first-order valence-corrected chi connectivity index (χ1v) is 7.11. The normalized spacial score (nSPS) is 23.5. The Hall–Kier alpha value is -2.33. The molecule has 1 saturated heterocycles. The van der Waals surface area contributed by atoms with Crippen LogP contribution in [0, 0.1) is 6.92 Å². The number of rotatable bonds is 1. The lowest BCUT2D eigenvalue weighted by Crippen LogP contribution is -2.52. The largest absolute Gasteiger partial charge is 0.345 e. The Morgan fingerprint density at radius 1 is 1.19 bits per heavy atom. The van der Waals surface area contributed by atoms with E-state index in [2.05, 4.69) is 18.3 Å². The summed E-state index contributed by atoms with van der Waals surface area (Å²) in [5, 5.41) is 2.96. The van der Waals surface area contributed by atoms with Gasteiger partial charge in [0.25, 0.3) is 0 Å². The molecule has 2 amide bonds. The molecule has 0 spiro atoms. The van der Waals surface area contributed by atoms with Crippen LogP contribution in [0.25, 0.3) is 0 Å². The second-order valence-electron chi connectivity index (χ2n) is 5.49. The van der Waals surface area contributed by atoms with E-state index in [1.165, 1.54) is 0 Å². The van der Waals surface area contributed by atoms with Crippen LogP contribution in [0.5, 0.6) is 0 Å². The molecule has 4 heteroatoms. The lowest BCUT2D eigenvalue weighted by Gasteiger charge is -2.42. The van der Waals surface area contributed by atoms with Gasteiger partial charge in [-0.1, -0.05) is 42.0 Å². The number of nitrogens with one attached hydrogen (secondary N) is 1. The van der Waals surface area contributed by atoms with Gasteiger partial charge in [0, 0.05) is 17.7 Å². The number of nitrogens with zero attached hydrogens (tertiary/aromatic N) is 1. The molecule has 0 aliphatic carbocycles. The zero-order valence-corrected chi connectivity index (χ0v) is 11.8. The predicted octanol–water partition coefficient (Wildman–Crippen LogP) is 3.07. The Bertz CT molecular complexity index is 714. The Morgan fingerprint density at radius 3 is 2.81 bits per heavy atom. The summed E-state index contributed by atoms with van der Waals surface area (Å²) >= 11 is 0. The molecule has 106 valence electrons. The van der Waals surface area contributed by atoms with Crippen molar-refractivity contribution >= 4 is 11.7 Å². The van der Waals surface area contributed by atoms with E-state index in [1.54, 1.807) is 4.90 Å². The predicted molar refractivity (Wildman–Crippen MR) is 80.1 cm³/mol. The van der Waals surface area contributed by atoms with E-state index in [9.17, 15) is 4.79 Å². The molecular weight excluding hydrogens is 264 g/mol. The lowest BCUT2D eigenvalue weighted by atomic mass is 9.89. The molecule has 0 aromatic heterocycles. The van der Waals surface area contributed by atoms with Gasteiger partial charge >= 0.3 is 6.03 Å². The highest BCUT2D eigenvalue weighted by Crippen LogP contribution is 2.46. The number of amides is 2. The Labute approximate surface area is 123 Å². The quantitative estimate of drug-likeness (QED) is 0.872. The van der Waals surface area contributed by atoms with E-state index in [1.807, 2.05) is 42.5 Å². The van der Waals surface area contributed by atoms with E-state index < -0.39 is 5.72 Å². The maximum Gasteiger partial charge on any atom is 0.324 e. The van der Waals surface area contributed by atoms with Gasteiger partial charge in [-0.15, -0.1) is 0 Å². The van der Waals surface area contributed by atoms with Crippen molar-refractivity contribution in [3.05, 3.63) is 65.2 Å². The standard InChI is InChI=1S/C17H16N2O2/c1-12-7-8-15-14(11-12)17(13-5-3-2-4-6-13)19(9-10-21-17)16(20)18-15/h2-8,11H,9-10H2,1H3,(H,18,20). The third-order valence-corrected chi connectivity index (χ3v) is 4.20. The molecule has 2 aliphatic rings. The number of aryl methyl sites for hydroxylation is 1. The number of anilines is 1. The molecule has 1 fully saturated rings. The van der Waals surface area contributed by atoms with Crippen LogP contribution < -0.4 is 5.32 Å². The van der Waals surface area contributed by atoms with Crippen molar-refractivity contribution in [2.75, 3.05) is 18.5 Å². The van der Waals surface area contributed by atoms with Crippen LogP contribution in [-0.2, 0) is 10.5 Å². The van der Waals surface area contributed by atoms with Crippen LogP contribution in [0.3, 0.4) is 0 Å². The van der Waals surface area contributed by atoms with Gasteiger partial charge in [-0.05, 0) is 19.1 Å². The van der Waals surface area contributed by atoms with Gasteiger partial charge in [0.05, 0.1) is 12.3 Å². The van der Waals surface area contributed by atoms with Crippen LogP contribution in [0.15, 0.2) is 48.5 Å². The van der Waals surface area contributed by atoms with Crippen molar-refractivity contribution in [3.8, 4) is 0 Å². The molecule has 2 aromatic rings. The van der Waals surface area contributed by atoms with Crippen molar-refractivity contribution in [3.63, 3.8) is 0 Å². The lowest BCUT2D eigenvalue weighted by molar-refractivity contribution is -0.0326. The highest BCUT2D eigenvalue weighted by Gasteiger charge is 2.52. The number of urea groups is 1. The summed E-state index contributed by atoms with van der Waals surface area (Å²) in [6.07, 6.45) is 0. The topological polar surface area (TPSA) is 41.6 Å². The molecule has 1 N–H and O–H groups in total. The van der Waals surface area contributed by atoms with Gasteiger partial charge in [-0.3, -0.25) is 4.90 Å². The fourth-order valence-electron chi connectivity index (χ4n) is 3.28. The minimum atomic E-state index is -0.801. The first kappa shape index (κ1) is 12.4. The number of hydrogen-bond donors (Lipinski definition) is 1. The third-order valence-electron chi connectivity index (χ3n) is 4.20. The molecule has 4 rings (SSSR count). The van der Waals surface area contributed by atoms with Crippen LogP contribution >= 0.6 is 0 Å². The monoisotopic (exact) mass is 280 g/mol. The van der Waals surface area contributed by atoms with Gasteiger partial charge in [0.2, 0.25) is 0 Å². The number of benzene rings is 2. The van der Waals surface area contributed by atoms with Crippen LogP contribution in [0.4, 0.5) is 10.5 Å².